The molecule has 0 N–H and O–H groups in total. The van der Waals surface area contributed by atoms with E-state index >= 15 is 0 Å². The van der Waals surface area contributed by atoms with Gasteiger partial charge in [0.1, 0.15) is 5.76 Å². The fraction of sp³-hybridized carbons (Fsp3) is 0.706. The predicted molar refractivity (Wildman–Crippen MR) is 80.1 cm³/mol. The highest BCUT2D eigenvalue weighted by Crippen LogP contribution is 2.34. The molecule has 1 aromatic heterocycles. The second-order valence-corrected chi connectivity index (χ2v) is 6.19. The van der Waals surface area contributed by atoms with Crippen LogP contribution in [0.4, 0.5) is 0 Å². The maximum absolute atomic E-state index is 9.41. The van der Waals surface area contributed by atoms with Crippen molar-refractivity contribution in [3.63, 3.8) is 0 Å². The number of nitrogens with zero attached hydrogens (tertiary/aromatic N) is 2. The molecule has 1 aliphatic rings. The molecule has 1 fully saturated rings. The van der Waals surface area contributed by atoms with Crippen molar-refractivity contribution in [1.82, 2.24) is 4.90 Å². The lowest BCUT2D eigenvalue weighted by atomic mass is 9.76. The summed E-state index contributed by atoms with van der Waals surface area (Å²) in [5, 5.41) is 9.41. The summed E-state index contributed by atoms with van der Waals surface area (Å²) in [7, 11) is 2.15. The van der Waals surface area contributed by atoms with E-state index in [1.807, 2.05) is 13.0 Å². The molecule has 3 nitrogen and oxygen atoms in total. The average Bonchev–Trinajstić information content (AvgIpc) is 2.84. The fourth-order valence-electron chi connectivity index (χ4n) is 3.50. The van der Waals surface area contributed by atoms with Crippen molar-refractivity contribution in [2.75, 3.05) is 7.05 Å². The Kier molecular flexibility index (Phi) is 5.25. The molecule has 0 saturated heterocycles. The molecule has 110 valence electrons. The molecule has 3 heteroatoms. The topological polar surface area (TPSA) is 40.2 Å². The molecule has 0 aliphatic heterocycles. The monoisotopic (exact) mass is 274 g/mol. The number of rotatable bonds is 5. The number of aryl methyl sites for hydroxylation is 1. The molecule has 0 radical (unpaired) electrons. The SMILES string of the molecule is CCCC1CCC(C#N)C(N(C)Cc2ccoc2C)C1. The van der Waals surface area contributed by atoms with Crippen LogP contribution in [-0.2, 0) is 6.54 Å². The molecule has 0 aromatic carbocycles. The Bertz CT molecular complexity index is 460. The van der Waals surface area contributed by atoms with Gasteiger partial charge in [-0.15, -0.1) is 0 Å². The number of furan rings is 1. The maximum Gasteiger partial charge on any atom is 0.105 e. The predicted octanol–water partition coefficient (Wildman–Crippen LogP) is 4.13. The summed E-state index contributed by atoms with van der Waals surface area (Å²) in [6.45, 7) is 5.14. The lowest BCUT2D eigenvalue weighted by Gasteiger charge is -2.38. The van der Waals surface area contributed by atoms with Gasteiger partial charge in [-0.2, -0.15) is 5.26 Å². The molecule has 3 atom stereocenters. The van der Waals surface area contributed by atoms with Crippen LogP contribution in [0.3, 0.4) is 0 Å². The van der Waals surface area contributed by atoms with Crippen molar-refractivity contribution in [1.29, 1.82) is 5.26 Å². The first kappa shape index (κ1) is 15.1. The Hall–Kier alpha value is -1.27. The van der Waals surface area contributed by atoms with Gasteiger partial charge in [0.05, 0.1) is 18.3 Å². The van der Waals surface area contributed by atoms with Crippen LogP contribution in [0.1, 0.15) is 50.4 Å². The van der Waals surface area contributed by atoms with Crippen molar-refractivity contribution in [2.24, 2.45) is 11.8 Å². The molecule has 1 heterocycles. The second kappa shape index (κ2) is 6.95. The first-order chi connectivity index (χ1) is 9.65. The van der Waals surface area contributed by atoms with Crippen LogP contribution >= 0.6 is 0 Å². The third-order valence-corrected chi connectivity index (χ3v) is 4.74. The average molecular weight is 274 g/mol. The van der Waals surface area contributed by atoms with Crippen molar-refractivity contribution in [2.45, 2.75) is 58.5 Å². The van der Waals surface area contributed by atoms with Gasteiger partial charge in [-0.3, -0.25) is 4.90 Å². The Labute approximate surface area is 122 Å². The minimum Gasteiger partial charge on any atom is -0.469 e. The van der Waals surface area contributed by atoms with Gasteiger partial charge in [0.15, 0.2) is 0 Å². The van der Waals surface area contributed by atoms with Gasteiger partial charge in [-0.1, -0.05) is 19.8 Å². The minimum atomic E-state index is 0.181. The molecule has 1 saturated carbocycles. The third kappa shape index (κ3) is 3.43. The van der Waals surface area contributed by atoms with Gasteiger partial charge in [-0.25, -0.2) is 0 Å². The van der Waals surface area contributed by atoms with Crippen LogP contribution < -0.4 is 0 Å². The van der Waals surface area contributed by atoms with Crippen molar-refractivity contribution < 1.29 is 4.42 Å². The number of nitriles is 1. The van der Waals surface area contributed by atoms with E-state index in [-0.39, 0.29) is 5.92 Å². The zero-order valence-corrected chi connectivity index (χ0v) is 12.9. The Balaban J connectivity index is 2.02. The molecular weight excluding hydrogens is 248 g/mol. The van der Waals surface area contributed by atoms with Crippen molar-refractivity contribution >= 4 is 0 Å². The summed E-state index contributed by atoms with van der Waals surface area (Å²) in [5.74, 6) is 1.97. The van der Waals surface area contributed by atoms with Crippen LogP contribution in [0, 0.1) is 30.1 Å². The van der Waals surface area contributed by atoms with Crippen molar-refractivity contribution in [3.8, 4) is 6.07 Å². The molecule has 20 heavy (non-hydrogen) atoms. The summed E-state index contributed by atoms with van der Waals surface area (Å²) in [6.07, 6.45) is 7.74. The zero-order chi connectivity index (χ0) is 14.5. The smallest absolute Gasteiger partial charge is 0.105 e. The largest absolute Gasteiger partial charge is 0.469 e. The number of hydrogen-bond acceptors (Lipinski definition) is 3. The highest BCUT2D eigenvalue weighted by Gasteiger charge is 2.32. The lowest BCUT2D eigenvalue weighted by Crippen LogP contribution is -2.41. The van der Waals surface area contributed by atoms with Crippen LogP contribution in [0.15, 0.2) is 16.7 Å². The van der Waals surface area contributed by atoms with Crippen molar-refractivity contribution in [3.05, 3.63) is 23.7 Å². The summed E-state index contributed by atoms with van der Waals surface area (Å²) in [5.41, 5.74) is 1.24. The van der Waals surface area contributed by atoms with Gasteiger partial charge >= 0.3 is 0 Å². The van der Waals surface area contributed by atoms with Gasteiger partial charge in [0.2, 0.25) is 0 Å². The molecule has 3 unspecified atom stereocenters. The van der Waals surface area contributed by atoms with Crippen LogP contribution in [0.25, 0.3) is 0 Å². The lowest BCUT2D eigenvalue weighted by molar-refractivity contribution is 0.115. The second-order valence-electron chi connectivity index (χ2n) is 6.19. The minimum absolute atomic E-state index is 0.181. The first-order valence-corrected chi connectivity index (χ1v) is 7.78. The highest BCUT2D eigenvalue weighted by atomic mass is 16.3. The standard InChI is InChI=1S/C17H26N2O/c1-4-5-14-6-7-15(11-18)17(10-14)19(3)12-16-8-9-20-13(16)2/h8-9,14-15,17H,4-7,10,12H2,1-3H3. The third-order valence-electron chi connectivity index (χ3n) is 4.74. The first-order valence-electron chi connectivity index (χ1n) is 7.78. The van der Waals surface area contributed by atoms with E-state index in [4.69, 9.17) is 4.42 Å². The summed E-state index contributed by atoms with van der Waals surface area (Å²) in [4.78, 5) is 2.35. The van der Waals surface area contributed by atoms with E-state index in [0.717, 1.165) is 24.6 Å². The van der Waals surface area contributed by atoms with Gasteiger partial charge in [0, 0.05) is 18.2 Å². The van der Waals surface area contributed by atoms with Crippen LogP contribution in [0.2, 0.25) is 0 Å². The van der Waals surface area contributed by atoms with E-state index in [1.54, 1.807) is 6.26 Å². The summed E-state index contributed by atoms with van der Waals surface area (Å²) < 4.78 is 5.37. The zero-order valence-electron chi connectivity index (χ0n) is 12.9. The molecule has 0 bridgehead atoms. The Morgan fingerprint density at radius 2 is 2.25 bits per heavy atom. The molecular formula is C17H26N2O. The Morgan fingerprint density at radius 3 is 2.85 bits per heavy atom. The summed E-state index contributed by atoms with van der Waals surface area (Å²) >= 11 is 0. The Morgan fingerprint density at radius 1 is 1.45 bits per heavy atom. The summed E-state index contributed by atoms with van der Waals surface area (Å²) in [6, 6.07) is 4.96. The van der Waals surface area contributed by atoms with Gasteiger partial charge < -0.3 is 4.42 Å². The van der Waals surface area contributed by atoms with E-state index < -0.39 is 0 Å². The van der Waals surface area contributed by atoms with E-state index in [2.05, 4.69) is 24.9 Å². The highest BCUT2D eigenvalue weighted by molar-refractivity contribution is 5.15. The van der Waals surface area contributed by atoms with Gasteiger partial charge in [0.25, 0.3) is 0 Å². The molecule has 2 rings (SSSR count). The van der Waals surface area contributed by atoms with E-state index in [0.29, 0.717) is 6.04 Å². The van der Waals surface area contributed by atoms with Gasteiger partial charge in [-0.05, 0) is 45.2 Å². The molecule has 0 spiro atoms. The van der Waals surface area contributed by atoms with E-state index in [1.165, 1.54) is 31.2 Å². The quantitative estimate of drug-likeness (QED) is 0.810. The fourth-order valence-corrected chi connectivity index (χ4v) is 3.50. The molecule has 1 aliphatic carbocycles. The molecule has 0 amide bonds. The van der Waals surface area contributed by atoms with E-state index in [9.17, 15) is 5.26 Å². The number of hydrogen-bond donors (Lipinski definition) is 0. The normalized spacial score (nSPS) is 26.6. The van der Waals surface area contributed by atoms with Crippen LogP contribution in [-0.4, -0.2) is 18.0 Å². The van der Waals surface area contributed by atoms with Crippen LogP contribution in [0.5, 0.6) is 0 Å². The maximum atomic E-state index is 9.41. The molecule has 1 aromatic rings.